The normalized spacial score (nSPS) is 27.1. The van der Waals surface area contributed by atoms with E-state index in [1.165, 1.54) is 36.4 Å². The molecule has 1 saturated carbocycles. The number of imide groups is 4. The van der Waals surface area contributed by atoms with E-state index in [1.54, 1.807) is 6.08 Å². The number of allylic oxidation sites excluding steroid dienone is 2. The molecule has 0 unspecified atom stereocenters. The van der Waals surface area contributed by atoms with Crippen LogP contribution in [0.2, 0.25) is 5.02 Å². The van der Waals surface area contributed by atoms with Crippen molar-refractivity contribution < 1.29 is 56.1 Å². The maximum Gasteiger partial charge on any atom is 0.573 e. The number of likely N-dealkylation sites (tertiary alicyclic amines) is 1. The average Bonchev–Trinajstić information content (AvgIpc) is 3.47. The third-order valence-electron chi connectivity index (χ3n) is 10.2. The number of hydrogen-bond donors (Lipinski definition) is 2. The number of ether oxygens (including phenoxy) is 2. The molecule has 3 aromatic rings. The van der Waals surface area contributed by atoms with Crippen molar-refractivity contribution in [3.8, 4) is 11.5 Å². The summed E-state index contributed by atoms with van der Waals surface area (Å²) >= 11 is 6.23. The van der Waals surface area contributed by atoms with Crippen LogP contribution in [0.4, 0.5) is 28.0 Å². The lowest BCUT2D eigenvalue weighted by atomic mass is 9.49. The molecular weight excluding hydrogens is 702 g/mol. The average molecular weight is 728 g/mol. The number of carbonyl (C=O) groups excluding carboxylic acids is 5. The van der Waals surface area contributed by atoms with Crippen LogP contribution in [0.5, 0.6) is 11.5 Å². The molecule has 2 N–H and O–H groups in total. The molecule has 3 fully saturated rings. The van der Waals surface area contributed by atoms with Crippen LogP contribution in [-0.2, 0) is 29.3 Å². The van der Waals surface area contributed by atoms with E-state index < -0.39 is 88.4 Å². The topological polar surface area (TPSA) is 143 Å². The molecule has 0 bridgehead atoms. The summed E-state index contributed by atoms with van der Waals surface area (Å²) < 4.78 is 63.1. The van der Waals surface area contributed by atoms with Crippen molar-refractivity contribution in [2.75, 3.05) is 12.5 Å². The Labute approximate surface area is 291 Å². The molecule has 2 aliphatic heterocycles. The Morgan fingerprint density at radius 3 is 2.29 bits per heavy atom. The number of alkyl halides is 3. The fraction of sp³-hybridized carbons (Fsp3) is 0.286. The number of hydrogen-bond acceptors (Lipinski definition) is 9. The highest BCUT2D eigenvalue weighted by Gasteiger charge is 2.71. The van der Waals surface area contributed by atoms with E-state index in [1.807, 2.05) is 0 Å². The van der Waals surface area contributed by atoms with E-state index in [2.05, 4.69) is 14.9 Å². The number of hydrazine groups is 1. The first-order valence-electron chi connectivity index (χ1n) is 15.6. The van der Waals surface area contributed by atoms with Crippen molar-refractivity contribution in [1.29, 1.82) is 0 Å². The van der Waals surface area contributed by atoms with Gasteiger partial charge in [0.15, 0.2) is 0 Å². The van der Waals surface area contributed by atoms with E-state index in [9.17, 15) is 41.8 Å². The molecular formula is C35H26ClF4N3O8. The van der Waals surface area contributed by atoms with Gasteiger partial charge in [-0.15, -0.1) is 13.2 Å². The molecule has 2 saturated heterocycles. The van der Waals surface area contributed by atoms with Crippen LogP contribution in [0.1, 0.15) is 29.9 Å². The Hall–Kier alpha value is -5.44. The molecule has 264 valence electrons. The van der Waals surface area contributed by atoms with Crippen molar-refractivity contribution in [3.05, 3.63) is 100 Å². The number of benzene rings is 3. The van der Waals surface area contributed by atoms with Crippen LogP contribution in [0.15, 0.2) is 78.4 Å². The minimum atomic E-state index is -5.14. The molecule has 51 heavy (non-hydrogen) atoms. The molecule has 7 rings (SSSR count). The van der Waals surface area contributed by atoms with Gasteiger partial charge in [-0.3, -0.25) is 24.6 Å². The molecule has 6 atom stereocenters. The van der Waals surface area contributed by atoms with Gasteiger partial charge >= 0.3 is 12.5 Å². The lowest BCUT2D eigenvalue weighted by Gasteiger charge is -2.50. The minimum Gasteiger partial charge on any atom is -0.508 e. The summed E-state index contributed by atoms with van der Waals surface area (Å²) in [5.74, 6) is -11.4. The van der Waals surface area contributed by atoms with Crippen molar-refractivity contribution in [1.82, 2.24) is 9.91 Å². The van der Waals surface area contributed by atoms with Gasteiger partial charge in [0.25, 0.3) is 11.8 Å². The number of aromatic hydroxyl groups is 1. The van der Waals surface area contributed by atoms with Crippen LogP contribution >= 0.6 is 11.6 Å². The zero-order valence-corrected chi connectivity index (χ0v) is 27.1. The molecule has 2 heterocycles. The van der Waals surface area contributed by atoms with Gasteiger partial charge in [0.05, 0.1) is 36.0 Å². The van der Waals surface area contributed by atoms with Crippen LogP contribution in [0.3, 0.4) is 0 Å². The number of nitrogens with zero attached hydrogens (tertiary/aromatic N) is 2. The summed E-state index contributed by atoms with van der Waals surface area (Å²) in [7, 11) is 0.996. The van der Waals surface area contributed by atoms with Crippen molar-refractivity contribution >= 4 is 47.0 Å². The standard InChI is InChI=1S/C35H26ClF4N3O8/c1-50-33(49)42-29(45)22-12-11-21-23(27(22)31(42)47)15-25-30(46)43(41-19-8-6-18(37)7-9-19)32(48)34(25,16-2-4-17(36)5-3-16)28(21)24-14-20(10-13-26(24)44)51-35(38,39)40/h2-11,13-14,22-23,25,27-28,41,44H,12,15H2,1H3/t22-,23+,25-,27-,28+,34+/m0/s1. The van der Waals surface area contributed by atoms with Gasteiger partial charge in [-0.05, 0) is 78.9 Å². The van der Waals surface area contributed by atoms with Gasteiger partial charge < -0.3 is 14.6 Å². The van der Waals surface area contributed by atoms with E-state index >= 15 is 4.79 Å². The Kier molecular flexibility index (Phi) is 8.08. The molecule has 2 aliphatic carbocycles. The summed E-state index contributed by atoms with van der Waals surface area (Å²) in [5.41, 5.74) is 1.12. The van der Waals surface area contributed by atoms with E-state index in [4.69, 9.17) is 11.6 Å². The Bertz CT molecular complexity index is 2020. The number of amides is 5. The SMILES string of the molecule is COC(=O)N1C(=O)[C@H]2[C@H](CC=C3[C@H]2C[C@H]2C(=O)N(Nc4ccc(F)cc4)C(=O)[C@@]2(c2ccc(Cl)cc2)[C@H]3c2cc(OC(F)(F)F)ccc2O)C1=O. The van der Waals surface area contributed by atoms with Crippen molar-refractivity contribution in [2.24, 2.45) is 23.7 Å². The van der Waals surface area contributed by atoms with E-state index in [0.717, 1.165) is 42.5 Å². The van der Waals surface area contributed by atoms with Crippen molar-refractivity contribution in [3.63, 3.8) is 0 Å². The van der Waals surface area contributed by atoms with E-state index in [0.29, 0.717) is 4.90 Å². The number of anilines is 1. The van der Waals surface area contributed by atoms with Crippen LogP contribution in [0, 0.1) is 29.5 Å². The Morgan fingerprint density at radius 2 is 1.65 bits per heavy atom. The first-order chi connectivity index (χ1) is 24.2. The zero-order chi connectivity index (χ0) is 36.6. The van der Waals surface area contributed by atoms with Crippen LogP contribution in [-0.4, -0.2) is 58.2 Å². The van der Waals surface area contributed by atoms with Gasteiger partial charge in [0.2, 0.25) is 11.8 Å². The van der Waals surface area contributed by atoms with Gasteiger partial charge in [-0.25, -0.2) is 9.18 Å². The molecule has 16 heteroatoms. The number of carbonyl (C=O) groups is 5. The first-order valence-corrected chi connectivity index (χ1v) is 16.0. The monoisotopic (exact) mass is 727 g/mol. The summed E-state index contributed by atoms with van der Waals surface area (Å²) in [6.07, 6.45) is -5.13. The summed E-state index contributed by atoms with van der Waals surface area (Å²) in [5, 5.41) is 12.4. The first kappa shape index (κ1) is 34.0. The second kappa shape index (κ2) is 12.1. The molecule has 5 amide bonds. The quantitative estimate of drug-likeness (QED) is 0.189. The molecule has 0 aromatic heterocycles. The molecule has 3 aromatic carbocycles. The largest absolute Gasteiger partial charge is 0.573 e. The van der Waals surface area contributed by atoms with Gasteiger partial charge in [-0.2, -0.15) is 9.91 Å². The predicted molar refractivity (Wildman–Crippen MR) is 168 cm³/mol. The summed E-state index contributed by atoms with van der Waals surface area (Å²) in [6, 6.07) is 13.4. The Balaban J connectivity index is 1.48. The van der Waals surface area contributed by atoms with Crippen LogP contribution in [0.25, 0.3) is 0 Å². The molecule has 4 aliphatic rings. The molecule has 0 radical (unpaired) electrons. The summed E-state index contributed by atoms with van der Waals surface area (Å²) in [4.78, 5) is 69.8. The third kappa shape index (κ3) is 5.29. The Morgan fingerprint density at radius 1 is 0.961 bits per heavy atom. The number of fused-ring (bicyclic) bond motifs is 4. The van der Waals surface area contributed by atoms with Gasteiger partial charge in [-0.1, -0.05) is 35.4 Å². The van der Waals surface area contributed by atoms with Gasteiger partial charge in [0, 0.05) is 16.5 Å². The van der Waals surface area contributed by atoms with E-state index in [-0.39, 0.29) is 40.3 Å². The maximum atomic E-state index is 15.1. The fourth-order valence-corrected chi connectivity index (χ4v) is 8.36. The number of halogens is 5. The number of phenolic OH excluding ortho intramolecular Hbond substituents is 1. The highest BCUT2D eigenvalue weighted by Crippen LogP contribution is 2.65. The smallest absolute Gasteiger partial charge is 0.508 e. The number of methoxy groups -OCH3 is 1. The fourth-order valence-electron chi connectivity index (χ4n) is 8.23. The zero-order valence-electron chi connectivity index (χ0n) is 26.3. The highest BCUT2D eigenvalue weighted by atomic mass is 35.5. The number of phenols is 1. The van der Waals surface area contributed by atoms with Gasteiger partial charge in [0.1, 0.15) is 17.3 Å². The minimum absolute atomic E-state index is 0.119. The number of rotatable bonds is 5. The maximum absolute atomic E-state index is 15.1. The molecule has 11 nitrogen and oxygen atoms in total. The van der Waals surface area contributed by atoms with Crippen LogP contribution < -0.4 is 10.2 Å². The second-order valence-electron chi connectivity index (χ2n) is 12.6. The third-order valence-corrected chi connectivity index (χ3v) is 10.4. The highest BCUT2D eigenvalue weighted by molar-refractivity contribution is 6.30. The lowest BCUT2D eigenvalue weighted by Crippen LogP contribution is -2.53. The summed E-state index contributed by atoms with van der Waals surface area (Å²) in [6.45, 7) is 0. The second-order valence-corrected chi connectivity index (χ2v) is 13.1. The lowest BCUT2D eigenvalue weighted by molar-refractivity contribution is -0.274. The molecule has 0 spiro atoms. The van der Waals surface area contributed by atoms with Crippen molar-refractivity contribution in [2.45, 2.75) is 30.5 Å². The number of nitrogens with one attached hydrogen (secondary N) is 1. The predicted octanol–water partition coefficient (Wildman–Crippen LogP) is 5.83.